The van der Waals surface area contributed by atoms with Gasteiger partial charge in [-0.2, -0.15) is 0 Å². The zero-order chi connectivity index (χ0) is 10.0. The standard InChI is InChI=1S/C10H14N2O2/c1-13-9-4-2-3-8(5-9)10(12-11)6-14-7-10/h2-5,12H,6-7,11H2,1H3. The van der Waals surface area contributed by atoms with E-state index < -0.39 is 0 Å². The van der Waals surface area contributed by atoms with E-state index in [1.54, 1.807) is 7.11 Å². The number of rotatable bonds is 3. The van der Waals surface area contributed by atoms with Crippen LogP contribution >= 0.6 is 0 Å². The Hall–Kier alpha value is -1.10. The molecular weight excluding hydrogens is 180 g/mol. The molecule has 1 aliphatic rings. The Bertz CT molecular complexity index is 318. The molecule has 0 saturated carbocycles. The fraction of sp³-hybridized carbons (Fsp3) is 0.400. The van der Waals surface area contributed by atoms with Crippen LogP contribution in [-0.2, 0) is 10.3 Å². The molecule has 3 N–H and O–H groups in total. The minimum absolute atomic E-state index is 0.228. The van der Waals surface area contributed by atoms with Crippen LogP contribution in [0, 0.1) is 0 Å². The highest BCUT2D eigenvalue weighted by molar-refractivity contribution is 5.34. The lowest BCUT2D eigenvalue weighted by Gasteiger charge is -2.41. The maximum atomic E-state index is 5.52. The summed E-state index contributed by atoms with van der Waals surface area (Å²) in [7, 11) is 1.65. The minimum atomic E-state index is -0.228. The first-order valence-corrected chi connectivity index (χ1v) is 4.51. The first kappa shape index (κ1) is 9.45. The average molecular weight is 194 g/mol. The van der Waals surface area contributed by atoms with Gasteiger partial charge in [0.05, 0.1) is 20.3 Å². The molecule has 76 valence electrons. The van der Waals surface area contributed by atoms with Gasteiger partial charge in [-0.1, -0.05) is 12.1 Å². The third-order valence-corrected chi connectivity index (χ3v) is 2.60. The lowest BCUT2D eigenvalue weighted by molar-refractivity contribution is -0.0787. The first-order chi connectivity index (χ1) is 6.80. The smallest absolute Gasteiger partial charge is 0.119 e. The molecule has 4 nitrogen and oxygen atoms in total. The van der Waals surface area contributed by atoms with Crippen molar-refractivity contribution in [3.63, 3.8) is 0 Å². The van der Waals surface area contributed by atoms with Gasteiger partial charge in [-0.3, -0.25) is 5.84 Å². The number of methoxy groups -OCH3 is 1. The van der Waals surface area contributed by atoms with E-state index >= 15 is 0 Å². The monoisotopic (exact) mass is 194 g/mol. The molecule has 0 spiro atoms. The van der Waals surface area contributed by atoms with Gasteiger partial charge in [-0.25, -0.2) is 5.43 Å². The van der Waals surface area contributed by atoms with Crippen LogP contribution in [-0.4, -0.2) is 20.3 Å². The minimum Gasteiger partial charge on any atom is -0.497 e. The van der Waals surface area contributed by atoms with Crippen molar-refractivity contribution < 1.29 is 9.47 Å². The van der Waals surface area contributed by atoms with Gasteiger partial charge in [0.1, 0.15) is 11.3 Å². The molecule has 0 amide bonds. The van der Waals surface area contributed by atoms with E-state index in [9.17, 15) is 0 Å². The third kappa shape index (κ3) is 1.37. The molecule has 1 fully saturated rings. The van der Waals surface area contributed by atoms with Crippen molar-refractivity contribution in [1.82, 2.24) is 5.43 Å². The number of hydrogen-bond acceptors (Lipinski definition) is 4. The van der Waals surface area contributed by atoms with E-state index in [1.165, 1.54) is 0 Å². The predicted molar refractivity (Wildman–Crippen MR) is 52.8 cm³/mol. The molecule has 1 aromatic carbocycles. The number of hydrogen-bond donors (Lipinski definition) is 2. The van der Waals surface area contributed by atoms with Gasteiger partial charge in [0.2, 0.25) is 0 Å². The Balaban J connectivity index is 2.30. The number of nitrogens with one attached hydrogen (secondary N) is 1. The number of nitrogens with two attached hydrogens (primary N) is 1. The van der Waals surface area contributed by atoms with E-state index in [-0.39, 0.29) is 5.54 Å². The maximum absolute atomic E-state index is 5.52. The van der Waals surface area contributed by atoms with Crippen LogP contribution in [0.1, 0.15) is 5.56 Å². The largest absolute Gasteiger partial charge is 0.497 e. The summed E-state index contributed by atoms with van der Waals surface area (Å²) in [5.74, 6) is 6.36. The van der Waals surface area contributed by atoms with Crippen molar-refractivity contribution in [2.75, 3.05) is 20.3 Å². The molecule has 1 aromatic rings. The van der Waals surface area contributed by atoms with E-state index in [0.29, 0.717) is 13.2 Å². The fourth-order valence-electron chi connectivity index (χ4n) is 1.56. The highest BCUT2D eigenvalue weighted by Gasteiger charge is 2.39. The molecular formula is C10H14N2O2. The van der Waals surface area contributed by atoms with Crippen LogP contribution < -0.4 is 16.0 Å². The average Bonchev–Trinajstić information content (AvgIpc) is 2.18. The van der Waals surface area contributed by atoms with Gasteiger partial charge in [0, 0.05) is 0 Å². The summed E-state index contributed by atoms with van der Waals surface area (Å²) in [6.45, 7) is 1.22. The van der Waals surface area contributed by atoms with Gasteiger partial charge in [-0.15, -0.1) is 0 Å². The molecule has 0 radical (unpaired) electrons. The molecule has 0 aromatic heterocycles. The van der Waals surface area contributed by atoms with Crippen LogP contribution in [0.2, 0.25) is 0 Å². The Labute approximate surface area is 83.0 Å². The first-order valence-electron chi connectivity index (χ1n) is 4.51. The van der Waals surface area contributed by atoms with E-state index in [4.69, 9.17) is 15.3 Å². The molecule has 0 unspecified atom stereocenters. The van der Waals surface area contributed by atoms with Gasteiger partial charge in [0.25, 0.3) is 0 Å². The third-order valence-electron chi connectivity index (χ3n) is 2.60. The fourth-order valence-corrected chi connectivity index (χ4v) is 1.56. The molecule has 14 heavy (non-hydrogen) atoms. The Morgan fingerprint density at radius 2 is 2.29 bits per heavy atom. The van der Waals surface area contributed by atoms with Crippen molar-refractivity contribution in [1.29, 1.82) is 0 Å². The van der Waals surface area contributed by atoms with Gasteiger partial charge < -0.3 is 9.47 Å². The van der Waals surface area contributed by atoms with Gasteiger partial charge in [-0.05, 0) is 17.7 Å². The quantitative estimate of drug-likeness (QED) is 0.539. The Morgan fingerprint density at radius 3 is 2.79 bits per heavy atom. The lowest BCUT2D eigenvalue weighted by Crippen LogP contribution is -2.60. The summed E-state index contributed by atoms with van der Waals surface area (Å²) in [4.78, 5) is 0. The van der Waals surface area contributed by atoms with Crippen molar-refractivity contribution in [2.24, 2.45) is 5.84 Å². The molecule has 4 heteroatoms. The predicted octanol–water partition coefficient (Wildman–Crippen LogP) is 0.384. The SMILES string of the molecule is COc1cccc(C2(NN)COC2)c1. The molecule has 0 bridgehead atoms. The van der Waals surface area contributed by atoms with Crippen molar-refractivity contribution >= 4 is 0 Å². The summed E-state index contributed by atoms with van der Waals surface area (Å²) < 4.78 is 10.3. The van der Waals surface area contributed by atoms with Crippen LogP contribution in [0.3, 0.4) is 0 Å². The van der Waals surface area contributed by atoms with Crippen molar-refractivity contribution in [2.45, 2.75) is 5.54 Å². The highest BCUT2D eigenvalue weighted by Crippen LogP contribution is 2.30. The van der Waals surface area contributed by atoms with Crippen molar-refractivity contribution in [3.05, 3.63) is 29.8 Å². The van der Waals surface area contributed by atoms with Gasteiger partial charge >= 0.3 is 0 Å². The topological polar surface area (TPSA) is 56.5 Å². The van der Waals surface area contributed by atoms with Crippen LogP contribution in [0.4, 0.5) is 0 Å². The second-order valence-electron chi connectivity index (χ2n) is 3.45. The Morgan fingerprint density at radius 1 is 1.50 bits per heavy atom. The van der Waals surface area contributed by atoms with Crippen LogP contribution in [0.25, 0.3) is 0 Å². The van der Waals surface area contributed by atoms with Crippen LogP contribution in [0.15, 0.2) is 24.3 Å². The second kappa shape index (κ2) is 3.57. The number of benzene rings is 1. The molecule has 2 rings (SSSR count). The molecule has 1 saturated heterocycles. The lowest BCUT2D eigenvalue weighted by atomic mass is 9.89. The van der Waals surface area contributed by atoms with Gasteiger partial charge in [0.15, 0.2) is 0 Å². The molecule has 1 aliphatic heterocycles. The highest BCUT2D eigenvalue weighted by atomic mass is 16.5. The summed E-state index contributed by atoms with van der Waals surface area (Å²) in [5.41, 5.74) is 3.68. The molecule has 0 aliphatic carbocycles. The molecule has 1 heterocycles. The summed E-state index contributed by atoms with van der Waals surface area (Å²) in [6, 6.07) is 7.85. The van der Waals surface area contributed by atoms with E-state index in [1.807, 2.05) is 24.3 Å². The normalized spacial score (nSPS) is 18.7. The zero-order valence-corrected chi connectivity index (χ0v) is 8.12. The van der Waals surface area contributed by atoms with Crippen LogP contribution in [0.5, 0.6) is 5.75 Å². The summed E-state index contributed by atoms with van der Waals surface area (Å²) in [6.07, 6.45) is 0. The van der Waals surface area contributed by atoms with E-state index in [2.05, 4.69) is 5.43 Å². The van der Waals surface area contributed by atoms with E-state index in [0.717, 1.165) is 11.3 Å². The number of ether oxygens (including phenoxy) is 2. The number of hydrazine groups is 1. The Kier molecular flexibility index (Phi) is 2.41. The van der Waals surface area contributed by atoms with Crippen molar-refractivity contribution in [3.8, 4) is 5.75 Å². The molecule has 0 atom stereocenters. The maximum Gasteiger partial charge on any atom is 0.119 e. The summed E-state index contributed by atoms with van der Waals surface area (Å²) >= 11 is 0. The zero-order valence-electron chi connectivity index (χ0n) is 8.12. The summed E-state index contributed by atoms with van der Waals surface area (Å²) in [5, 5.41) is 0. The second-order valence-corrected chi connectivity index (χ2v) is 3.45.